The molecule has 3 N–H and O–H groups in total. The van der Waals surface area contributed by atoms with Crippen LogP contribution in [-0.4, -0.2) is 39.9 Å². The summed E-state index contributed by atoms with van der Waals surface area (Å²) in [5.74, 6) is 1.39. The van der Waals surface area contributed by atoms with Gasteiger partial charge in [0.25, 0.3) is 5.91 Å². The van der Waals surface area contributed by atoms with E-state index in [1.54, 1.807) is 23.9 Å². The first-order valence-corrected chi connectivity index (χ1v) is 15.0. The number of hydrogen-bond acceptors (Lipinski definition) is 6. The van der Waals surface area contributed by atoms with Gasteiger partial charge in [0.1, 0.15) is 30.1 Å². The van der Waals surface area contributed by atoms with E-state index in [-0.39, 0.29) is 18.5 Å². The van der Waals surface area contributed by atoms with E-state index < -0.39 is 6.10 Å². The number of unbranched alkanes of at least 4 members (excludes halogenated alkanes) is 1. The maximum absolute atomic E-state index is 13.3. The average Bonchev–Trinajstić information content (AvgIpc) is 3.45. The van der Waals surface area contributed by atoms with E-state index in [9.17, 15) is 9.59 Å². The number of pyridine rings is 1. The number of rotatable bonds is 12. The van der Waals surface area contributed by atoms with Gasteiger partial charge in [-0.15, -0.1) is 0 Å². The van der Waals surface area contributed by atoms with E-state index in [0.717, 1.165) is 52.5 Å². The molecule has 0 bridgehead atoms. The number of carbonyl (C=O) groups is 2. The number of anilines is 3. The molecule has 0 unspecified atom stereocenters. The Morgan fingerprint density at radius 1 is 0.933 bits per heavy atom. The van der Waals surface area contributed by atoms with E-state index in [0.29, 0.717) is 23.1 Å². The standard InChI is InChI=1S/C35H38N6O4/c1-5-6-9-26-21-33(41(40-26)27-14-12-23(2)13-15-27)39-35(43)37-30-16-17-31(29-11-8-7-10-28(29)30)45-22-25-18-19-36-32(20-25)38-34(42)24(3)44-4/h7-8,10-21,24H,5-6,9,22H2,1-4H3,(H,36,38,42)(H2,37,39,43)/t24-/m0/s1. The van der Waals surface area contributed by atoms with Gasteiger partial charge in [0.2, 0.25) is 0 Å². The molecular weight excluding hydrogens is 568 g/mol. The van der Waals surface area contributed by atoms with Crippen molar-refractivity contribution in [3.05, 3.63) is 102 Å². The number of amides is 3. The highest BCUT2D eigenvalue weighted by Crippen LogP contribution is 2.32. The number of aryl methyl sites for hydroxylation is 2. The van der Waals surface area contributed by atoms with Crippen molar-refractivity contribution >= 4 is 40.0 Å². The molecule has 1 atom stereocenters. The number of nitrogens with zero attached hydrogens (tertiary/aromatic N) is 3. The maximum atomic E-state index is 13.3. The summed E-state index contributed by atoms with van der Waals surface area (Å²) in [6.07, 6.45) is 3.94. The third-order valence-corrected chi connectivity index (χ3v) is 7.39. The Balaban J connectivity index is 1.31. The van der Waals surface area contributed by atoms with E-state index in [4.69, 9.17) is 14.6 Å². The summed E-state index contributed by atoms with van der Waals surface area (Å²) in [5, 5.41) is 15.2. The van der Waals surface area contributed by atoms with Crippen LogP contribution in [0.1, 0.15) is 43.5 Å². The summed E-state index contributed by atoms with van der Waals surface area (Å²) in [6, 6.07) is 24.6. The molecule has 0 aliphatic rings. The zero-order valence-corrected chi connectivity index (χ0v) is 26.0. The molecule has 5 rings (SSSR count). The first kappa shape index (κ1) is 31.2. The second-order valence-corrected chi connectivity index (χ2v) is 10.8. The highest BCUT2D eigenvalue weighted by molar-refractivity contribution is 6.07. The van der Waals surface area contributed by atoms with Gasteiger partial charge in [-0.1, -0.05) is 55.3 Å². The number of fused-ring (bicyclic) bond motifs is 1. The molecule has 3 aromatic carbocycles. The Hall–Kier alpha value is -5.22. The van der Waals surface area contributed by atoms with Crippen molar-refractivity contribution < 1.29 is 19.1 Å². The first-order chi connectivity index (χ1) is 21.8. The Bertz CT molecular complexity index is 1780. The fourth-order valence-electron chi connectivity index (χ4n) is 4.79. The molecule has 10 heteroatoms. The molecule has 0 aliphatic heterocycles. The summed E-state index contributed by atoms with van der Waals surface area (Å²) in [4.78, 5) is 29.7. The summed E-state index contributed by atoms with van der Waals surface area (Å²) in [6.45, 7) is 6.10. The van der Waals surface area contributed by atoms with Crippen molar-refractivity contribution in [2.45, 2.75) is 52.7 Å². The number of nitrogens with one attached hydrogen (secondary N) is 3. The van der Waals surface area contributed by atoms with Crippen molar-refractivity contribution in [2.75, 3.05) is 23.1 Å². The minimum Gasteiger partial charge on any atom is -0.488 e. The second-order valence-electron chi connectivity index (χ2n) is 10.8. The molecule has 0 spiro atoms. The zero-order valence-electron chi connectivity index (χ0n) is 26.0. The van der Waals surface area contributed by atoms with Crippen molar-refractivity contribution in [1.29, 1.82) is 0 Å². The SMILES string of the molecule is CCCCc1cc(NC(=O)Nc2ccc(OCc3ccnc(NC(=O)[C@H](C)OC)c3)c3ccccc23)n(-c2ccc(C)cc2)n1. The lowest BCUT2D eigenvalue weighted by molar-refractivity contribution is -0.124. The van der Waals surface area contributed by atoms with E-state index in [1.165, 1.54) is 7.11 Å². The van der Waals surface area contributed by atoms with Crippen LogP contribution >= 0.6 is 0 Å². The number of urea groups is 1. The van der Waals surface area contributed by atoms with Crippen molar-refractivity contribution in [1.82, 2.24) is 14.8 Å². The average molecular weight is 607 g/mol. The summed E-state index contributed by atoms with van der Waals surface area (Å²) >= 11 is 0. The Labute approximate surface area is 262 Å². The third-order valence-electron chi connectivity index (χ3n) is 7.39. The monoisotopic (exact) mass is 606 g/mol. The number of ether oxygens (including phenoxy) is 2. The van der Waals surface area contributed by atoms with Crippen molar-refractivity contribution in [3.8, 4) is 11.4 Å². The van der Waals surface area contributed by atoms with Gasteiger partial charge in [-0.25, -0.2) is 14.5 Å². The van der Waals surface area contributed by atoms with Crippen LogP contribution in [0.4, 0.5) is 22.1 Å². The molecular formula is C35H38N6O4. The normalized spacial score (nSPS) is 11.6. The largest absolute Gasteiger partial charge is 0.488 e. The molecule has 2 heterocycles. The van der Waals surface area contributed by atoms with Crippen molar-refractivity contribution in [2.24, 2.45) is 0 Å². The van der Waals surface area contributed by atoms with Crippen LogP contribution in [0.15, 0.2) is 85.1 Å². The first-order valence-electron chi connectivity index (χ1n) is 15.0. The highest BCUT2D eigenvalue weighted by atomic mass is 16.5. The molecule has 0 fully saturated rings. The number of aromatic nitrogens is 3. The smallest absolute Gasteiger partial charge is 0.324 e. The Morgan fingerprint density at radius 3 is 2.47 bits per heavy atom. The molecule has 232 valence electrons. The van der Waals surface area contributed by atoms with Gasteiger partial charge in [-0.2, -0.15) is 5.10 Å². The van der Waals surface area contributed by atoms with Gasteiger partial charge in [0.15, 0.2) is 0 Å². The van der Waals surface area contributed by atoms with Gasteiger partial charge >= 0.3 is 6.03 Å². The summed E-state index contributed by atoms with van der Waals surface area (Å²) in [5.41, 5.74) is 4.42. The molecule has 0 radical (unpaired) electrons. The van der Waals surface area contributed by atoms with Crippen LogP contribution in [0.2, 0.25) is 0 Å². The van der Waals surface area contributed by atoms with E-state index in [1.807, 2.05) is 79.7 Å². The van der Waals surface area contributed by atoms with Crippen molar-refractivity contribution in [3.63, 3.8) is 0 Å². The fourth-order valence-corrected chi connectivity index (χ4v) is 4.79. The third kappa shape index (κ3) is 7.84. The van der Waals surface area contributed by atoms with Gasteiger partial charge < -0.3 is 20.1 Å². The number of hydrogen-bond donors (Lipinski definition) is 3. The minimum absolute atomic E-state index is 0.256. The quantitative estimate of drug-likeness (QED) is 0.137. The van der Waals surface area contributed by atoms with Gasteiger partial charge in [-0.05, 0) is 68.7 Å². The lowest BCUT2D eigenvalue weighted by Gasteiger charge is -2.15. The number of benzene rings is 3. The predicted molar refractivity (Wildman–Crippen MR) is 177 cm³/mol. The molecule has 0 aliphatic carbocycles. The molecule has 45 heavy (non-hydrogen) atoms. The van der Waals surface area contributed by atoms with Crippen LogP contribution < -0.4 is 20.7 Å². The lowest BCUT2D eigenvalue weighted by atomic mass is 10.1. The molecule has 2 aromatic heterocycles. The van der Waals surface area contributed by atoms with E-state index >= 15 is 0 Å². The van der Waals surface area contributed by atoms with Crippen LogP contribution in [0.5, 0.6) is 5.75 Å². The van der Waals surface area contributed by atoms with Crippen LogP contribution in [0.3, 0.4) is 0 Å². The fraction of sp³-hybridized carbons (Fsp3) is 0.257. The number of carbonyl (C=O) groups excluding carboxylic acids is 2. The van der Waals surface area contributed by atoms with E-state index in [2.05, 4.69) is 27.9 Å². The number of methoxy groups -OCH3 is 1. The molecule has 5 aromatic rings. The van der Waals surface area contributed by atoms with Gasteiger partial charge in [0.05, 0.1) is 17.1 Å². The molecule has 0 saturated carbocycles. The van der Waals surface area contributed by atoms with Crippen LogP contribution in [-0.2, 0) is 22.6 Å². The minimum atomic E-state index is -0.592. The zero-order chi connectivity index (χ0) is 31.8. The van der Waals surface area contributed by atoms with Gasteiger partial charge in [-0.3, -0.25) is 10.1 Å². The lowest BCUT2D eigenvalue weighted by Crippen LogP contribution is -2.26. The predicted octanol–water partition coefficient (Wildman–Crippen LogP) is 7.27. The molecule has 3 amide bonds. The van der Waals surface area contributed by atoms with Crippen LogP contribution in [0, 0.1) is 6.92 Å². The van der Waals surface area contributed by atoms with Crippen LogP contribution in [0.25, 0.3) is 16.5 Å². The Kier molecular flexibility index (Phi) is 10.1. The topological polar surface area (TPSA) is 119 Å². The molecule has 10 nitrogen and oxygen atoms in total. The highest BCUT2D eigenvalue weighted by Gasteiger charge is 2.16. The molecule has 0 saturated heterocycles. The Morgan fingerprint density at radius 2 is 1.71 bits per heavy atom. The maximum Gasteiger partial charge on any atom is 0.324 e. The van der Waals surface area contributed by atoms with Gasteiger partial charge in [0, 0.05) is 30.1 Å². The summed E-state index contributed by atoms with van der Waals surface area (Å²) in [7, 11) is 1.48. The summed E-state index contributed by atoms with van der Waals surface area (Å²) < 4.78 is 13.0. The second kappa shape index (κ2) is 14.5.